The van der Waals surface area contributed by atoms with E-state index in [1.54, 1.807) is 24.3 Å². The second-order valence-electron chi connectivity index (χ2n) is 10.0. The first kappa shape index (κ1) is 26.5. The first-order chi connectivity index (χ1) is 18.2. The Labute approximate surface area is 228 Å². The van der Waals surface area contributed by atoms with Crippen molar-refractivity contribution in [2.24, 2.45) is 5.73 Å². The molecular weight excluding hydrogens is 518 g/mol. The van der Waals surface area contributed by atoms with E-state index in [-0.39, 0.29) is 15.7 Å². The van der Waals surface area contributed by atoms with Crippen molar-refractivity contribution >= 4 is 38.3 Å². The molecular formula is C29H32ClN5O2S. The Balaban J connectivity index is 1.41. The zero-order valence-electron chi connectivity index (χ0n) is 21.6. The van der Waals surface area contributed by atoms with E-state index in [2.05, 4.69) is 29.4 Å². The quantitative estimate of drug-likeness (QED) is 0.296. The van der Waals surface area contributed by atoms with Gasteiger partial charge in [-0.2, -0.15) is 0 Å². The summed E-state index contributed by atoms with van der Waals surface area (Å²) in [5, 5.41) is 4.63. The molecule has 7 nitrogen and oxygen atoms in total. The third kappa shape index (κ3) is 5.67. The van der Waals surface area contributed by atoms with Gasteiger partial charge in [0.15, 0.2) is 9.84 Å². The minimum Gasteiger partial charge on any atom is -0.351 e. The van der Waals surface area contributed by atoms with E-state index in [0.29, 0.717) is 30.1 Å². The highest BCUT2D eigenvalue weighted by Crippen LogP contribution is 2.32. The van der Waals surface area contributed by atoms with Gasteiger partial charge in [-0.3, -0.25) is 4.98 Å². The van der Waals surface area contributed by atoms with Crippen molar-refractivity contribution in [3.63, 3.8) is 0 Å². The van der Waals surface area contributed by atoms with E-state index in [0.717, 1.165) is 59.0 Å². The van der Waals surface area contributed by atoms with Crippen molar-refractivity contribution in [1.82, 2.24) is 15.0 Å². The highest BCUT2D eigenvalue weighted by molar-refractivity contribution is 7.90. The molecule has 198 valence electrons. The molecule has 1 aliphatic rings. The van der Waals surface area contributed by atoms with Crippen LogP contribution in [0.4, 0.5) is 5.95 Å². The number of rotatable bonds is 7. The SMILES string of the molecule is CCc1nc(CS(=O)(=O)c2ccccc2Cl)ccc1-c1cc2cnc(NC3CCC(N)CC3)nc2cc1C. The van der Waals surface area contributed by atoms with Crippen molar-refractivity contribution in [2.75, 3.05) is 5.32 Å². The summed E-state index contributed by atoms with van der Waals surface area (Å²) >= 11 is 6.15. The van der Waals surface area contributed by atoms with Crippen LogP contribution in [0, 0.1) is 6.92 Å². The van der Waals surface area contributed by atoms with Gasteiger partial charge in [-0.05, 0) is 80.5 Å². The van der Waals surface area contributed by atoms with E-state index < -0.39 is 9.84 Å². The summed E-state index contributed by atoms with van der Waals surface area (Å²) in [6.07, 6.45) is 6.62. The molecule has 0 radical (unpaired) electrons. The molecule has 2 aromatic heterocycles. The second kappa shape index (κ2) is 11.0. The first-order valence-corrected chi connectivity index (χ1v) is 15.0. The summed E-state index contributed by atoms with van der Waals surface area (Å²) in [4.78, 5) is 14.2. The Bertz CT molecular complexity index is 1580. The molecule has 1 fully saturated rings. The monoisotopic (exact) mass is 549 g/mol. The van der Waals surface area contributed by atoms with Crippen LogP contribution in [-0.4, -0.2) is 35.5 Å². The van der Waals surface area contributed by atoms with Crippen molar-refractivity contribution < 1.29 is 8.42 Å². The van der Waals surface area contributed by atoms with Gasteiger partial charge in [-0.25, -0.2) is 18.4 Å². The number of nitrogens with two attached hydrogens (primary N) is 1. The fourth-order valence-corrected chi connectivity index (χ4v) is 6.95. The molecule has 0 bridgehead atoms. The molecule has 38 heavy (non-hydrogen) atoms. The molecule has 0 saturated heterocycles. The highest BCUT2D eigenvalue weighted by atomic mass is 35.5. The first-order valence-electron chi connectivity index (χ1n) is 13.0. The minimum absolute atomic E-state index is 0.122. The lowest BCUT2D eigenvalue weighted by atomic mass is 9.92. The van der Waals surface area contributed by atoms with Crippen molar-refractivity contribution in [3.8, 4) is 11.1 Å². The topological polar surface area (TPSA) is 111 Å². The van der Waals surface area contributed by atoms with Crippen LogP contribution in [0.2, 0.25) is 5.02 Å². The number of benzene rings is 2. The summed E-state index contributed by atoms with van der Waals surface area (Å²) in [7, 11) is -3.62. The number of hydrogen-bond acceptors (Lipinski definition) is 7. The van der Waals surface area contributed by atoms with Gasteiger partial charge in [0.1, 0.15) is 0 Å². The maximum absolute atomic E-state index is 13.0. The van der Waals surface area contributed by atoms with Crippen LogP contribution < -0.4 is 11.1 Å². The van der Waals surface area contributed by atoms with Gasteiger partial charge < -0.3 is 11.1 Å². The molecule has 0 spiro atoms. The molecule has 3 N–H and O–H groups in total. The number of aryl methyl sites for hydroxylation is 2. The number of nitrogens with zero attached hydrogens (tertiary/aromatic N) is 3. The van der Waals surface area contributed by atoms with Crippen LogP contribution in [0.1, 0.15) is 49.6 Å². The van der Waals surface area contributed by atoms with E-state index >= 15 is 0 Å². The molecule has 0 unspecified atom stereocenters. The maximum Gasteiger partial charge on any atom is 0.223 e. The zero-order valence-corrected chi connectivity index (χ0v) is 23.2. The number of pyridine rings is 1. The van der Waals surface area contributed by atoms with Crippen LogP contribution in [0.5, 0.6) is 0 Å². The van der Waals surface area contributed by atoms with Gasteiger partial charge in [-0.1, -0.05) is 36.7 Å². The summed E-state index contributed by atoms with van der Waals surface area (Å²) in [5.74, 6) is 0.433. The maximum atomic E-state index is 13.0. The fourth-order valence-electron chi connectivity index (χ4n) is 5.10. The van der Waals surface area contributed by atoms with Crippen LogP contribution in [-0.2, 0) is 22.0 Å². The normalized spacial score (nSPS) is 18.0. The molecule has 9 heteroatoms. The Morgan fingerprint density at radius 2 is 1.79 bits per heavy atom. The average molecular weight is 550 g/mol. The Kier molecular flexibility index (Phi) is 7.66. The van der Waals surface area contributed by atoms with Crippen LogP contribution >= 0.6 is 11.6 Å². The molecule has 4 aromatic rings. The lowest BCUT2D eigenvalue weighted by Crippen LogP contribution is -2.33. The number of fused-ring (bicyclic) bond motifs is 1. The van der Waals surface area contributed by atoms with Gasteiger partial charge in [-0.15, -0.1) is 0 Å². The molecule has 2 aromatic carbocycles. The van der Waals surface area contributed by atoms with Crippen molar-refractivity contribution in [3.05, 3.63) is 76.7 Å². The lowest BCUT2D eigenvalue weighted by Gasteiger charge is -2.26. The van der Waals surface area contributed by atoms with Gasteiger partial charge in [0.2, 0.25) is 5.95 Å². The second-order valence-corrected chi connectivity index (χ2v) is 12.4. The van der Waals surface area contributed by atoms with Crippen molar-refractivity contribution in [2.45, 2.75) is 68.7 Å². The van der Waals surface area contributed by atoms with Crippen LogP contribution in [0.15, 0.2) is 59.6 Å². The minimum atomic E-state index is -3.62. The number of hydrogen-bond donors (Lipinski definition) is 2. The third-order valence-corrected chi connectivity index (χ3v) is 9.34. The molecule has 1 aliphatic carbocycles. The smallest absolute Gasteiger partial charge is 0.223 e. The van der Waals surface area contributed by atoms with Gasteiger partial charge in [0.25, 0.3) is 0 Å². The summed E-state index contributed by atoms with van der Waals surface area (Å²) in [6.45, 7) is 4.08. The molecule has 2 heterocycles. The van der Waals surface area contributed by atoms with E-state index in [9.17, 15) is 8.42 Å². The number of aromatic nitrogens is 3. The van der Waals surface area contributed by atoms with E-state index in [1.807, 2.05) is 19.2 Å². The zero-order chi connectivity index (χ0) is 26.9. The Hall–Kier alpha value is -3.07. The van der Waals surface area contributed by atoms with Crippen molar-refractivity contribution in [1.29, 1.82) is 0 Å². The molecule has 0 atom stereocenters. The number of nitrogens with one attached hydrogen (secondary N) is 1. The van der Waals surface area contributed by atoms with E-state index in [1.165, 1.54) is 6.07 Å². The van der Waals surface area contributed by atoms with E-state index in [4.69, 9.17) is 27.3 Å². The lowest BCUT2D eigenvalue weighted by molar-refractivity contribution is 0.410. The number of anilines is 1. The Morgan fingerprint density at radius 3 is 2.53 bits per heavy atom. The Morgan fingerprint density at radius 1 is 1.03 bits per heavy atom. The molecule has 0 aliphatic heterocycles. The summed E-state index contributed by atoms with van der Waals surface area (Å²) in [6, 6.07) is 15.1. The molecule has 5 rings (SSSR count). The number of sulfone groups is 1. The van der Waals surface area contributed by atoms with Crippen LogP contribution in [0.25, 0.3) is 22.0 Å². The summed E-state index contributed by atoms with van der Waals surface area (Å²) in [5.41, 5.74) is 11.3. The van der Waals surface area contributed by atoms with Crippen LogP contribution in [0.3, 0.4) is 0 Å². The fraction of sp³-hybridized carbons (Fsp3) is 0.345. The largest absolute Gasteiger partial charge is 0.351 e. The number of halogens is 1. The highest BCUT2D eigenvalue weighted by Gasteiger charge is 2.21. The molecule has 1 saturated carbocycles. The van der Waals surface area contributed by atoms with Gasteiger partial charge >= 0.3 is 0 Å². The predicted molar refractivity (Wildman–Crippen MR) is 153 cm³/mol. The standard InChI is InChI=1S/C29H32ClN5O2S/c1-3-26-23(13-12-22(33-26)17-38(36,37)28-7-5-4-6-25(28)30)24-15-19-16-32-29(35-27(19)14-18(24)2)34-21-10-8-20(31)9-11-21/h4-7,12-16,20-21H,3,8-11,17,31H2,1-2H3,(H,32,34,35). The third-order valence-electron chi connectivity index (χ3n) is 7.20. The predicted octanol–water partition coefficient (Wildman–Crippen LogP) is 5.87. The van der Waals surface area contributed by atoms with Gasteiger partial charge in [0.05, 0.1) is 26.9 Å². The summed E-state index contributed by atoms with van der Waals surface area (Å²) < 4.78 is 26.0. The average Bonchev–Trinajstić information content (AvgIpc) is 2.89. The van der Waals surface area contributed by atoms with Gasteiger partial charge in [0, 0.05) is 34.9 Å². The molecule has 0 amide bonds.